The lowest BCUT2D eigenvalue weighted by molar-refractivity contribution is 0.0701. The highest BCUT2D eigenvalue weighted by molar-refractivity contribution is 5.92. The first-order valence-corrected chi connectivity index (χ1v) is 10.1. The molecule has 0 aliphatic carbocycles. The van der Waals surface area contributed by atoms with Crippen LogP contribution in [0, 0.1) is 0 Å². The molecular formula is C23H22N6O. The minimum Gasteiger partial charge on any atom is -0.337 e. The van der Waals surface area contributed by atoms with E-state index in [1.807, 2.05) is 23.2 Å². The second kappa shape index (κ2) is 7.67. The molecule has 4 aromatic rings. The number of aryl methyl sites for hydroxylation is 1. The molecule has 1 saturated heterocycles. The lowest BCUT2D eigenvalue weighted by atomic mass is 9.92. The number of rotatable bonds is 3. The van der Waals surface area contributed by atoms with Crippen LogP contribution in [0.5, 0.6) is 0 Å². The zero-order valence-electron chi connectivity index (χ0n) is 16.8. The van der Waals surface area contributed by atoms with E-state index in [4.69, 9.17) is 4.98 Å². The topological polar surface area (TPSA) is 76.8 Å². The number of likely N-dealkylation sites (tertiary alicyclic amines) is 1. The number of carbonyl (C=O) groups is 1. The van der Waals surface area contributed by atoms with Gasteiger partial charge < -0.3 is 4.90 Å². The van der Waals surface area contributed by atoms with Crippen molar-refractivity contribution >= 4 is 16.9 Å². The van der Waals surface area contributed by atoms with Crippen LogP contribution in [0.3, 0.4) is 0 Å². The summed E-state index contributed by atoms with van der Waals surface area (Å²) in [4.78, 5) is 28.1. The maximum absolute atomic E-state index is 12.7. The van der Waals surface area contributed by atoms with Crippen LogP contribution < -0.4 is 0 Å². The van der Waals surface area contributed by atoms with Crippen molar-refractivity contribution in [1.29, 1.82) is 0 Å². The Kier molecular flexibility index (Phi) is 4.71. The Balaban J connectivity index is 1.31. The molecule has 7 nitrogen and oxygen atoms in total. The number of hydrogen-bond acceptors (Lipinski definition) is 5. The summed E-state index contributed by atoms with van der Waals surface area (Å²) >= 11 is 0. The Morgan fingerprint density at radius 1 is 1.00 bits per heavy atom. The number of aromatic nitrogens is 5. The lowest BCUT2D eigenvalue weighted by Gasteiger charge is -2.31. The third kappa shape index (κ3) is 3.43. The number of hydrogen-bond donors (Lipinski definition) is 0. The fraction of sp³-hybridized carbons (Fsp3) is 0.261. The molecule has 150 valence electrons. The summed E-state index contributed by atoms with van der Waals surface area (Å²) in [6.45, 7) is 1.45. The predicted molar refractivity (Wildman–Crippen MR) is 114 cm³/mol. The van der Waals surface area contributed by atoms with Crippen LogP contribution in [0.15, 0.2) is 61.2 Å². The molecule has 4 aromatic heterocycles. The molecule has 0 unspecified atom stereocenters. The van der Waals surface area contributed by atoms with E-state index in [9.17, 15) is 4.79 Å². The molecular weight excluding hydrogens is 376 g/mol. The summed E-state index contributed by atoms with van der Waals surface area (Å²) < 4.78 is 1.63. The maximum atomic E-state index is 12.7. The fourth-order valence-corrected chi connectivity index (χ4v) is 4.08. The molecule has 0 N–H and O–H groups in total. The quantitative estimate of drug-likeness (QED) is 0.528. The van der Waals surface area contributed by atoms with E-state index >= 15 is 0 Å². The van der Waals surface area contributed by atoms with Gasteiger partial charge in [-0.15, -0.1) is 0 Å². The molecule has 1 fully saturated rings. The molecule has 5 heterocycles. The standard InChI is InChI=1S/C23H22N6O/c1-28-21(6-11-26-28)23(30)29-12-7-17(8-13-29)20-3-2-18-14-19(15-25-22(18)27-20)16-4-9-24-10-5-16/h2-6,9-11,14-15,17H,7-8,12-13H2,1H3. The fourth-order valence-electron chi connectivity index (χ4n) is 4.08. The van der Waals surface area contributed by atoms with Crippen molar-refractivity contribution in [2.75, 3.05) is 13.1 Å². The van der Waals surface area contributed by atoms with Gasteiger partial charge in [0.15, 0.2) is 5.65 Å². The first kappa shape index (κ1) is 18.4. The molecule has 0 saturated carbocycles. The summed E-state index contributed by atoms with van der Waals surface area (Å²) in [5.74, 6) is 0.386. The van der Waals surface area contributed by atoms with Crippen molar-refractivity contribution < 1.29 is 4.79 Å². The molecule has 1 aliphatic heterocycles. The maximum Gasteiger partial charge on any atom is 0.272 e. The van der Waals surface area contributed by atoms with Crippen molar-refractivity contribution in [1.82, 2.24) is 29.6 Å². The minimum atomic E-state index is 0.0465. The first-order valence-electron chi connectivity index (χ1n) is 10.1. The van der Waals surface area contributed by atoms with Crippen molar-refractivity contribution in [3.05, 3.63) is 72.6 Å². The Labute approximate surface area is 174 Å². The number of amides is 1. The van der Waals surface area contributed by atoms with Crippen LogP contribution in [0.2, 0.25) is 0 Å². The van der Waals surface area contributed by atoms with Gasteiger partial charge in [0, 0.05) is 67.5 Å². The van der Waals surface area contributed by atoms with E-state index in [2.05, 4.69) is 33.3 Å². The highest BCUT2D eigenvalue weighted by Crippen LogP contribution is 2.29. The third-order valence-electron chi connectivity index (χ3n) is 5.82. The van der Waals surface area contributed by atoms with Gasteiger partial charge in [0.1, 0.15) is 5.69 Å². The molecule has 7 heteroatoms. The van der Waals surface area contributed by atoms with Gasteiger partial charge in [-0.25, -0.2) is 9.97 Å². The molecule has 0 radical (unpaired) electrons. The summed E-state index contributed by atoms with van der Waals surface area (Å²) in [5, 5.41) is 5.12. The highest BCUT2D eigenvalue weighted by Gasteiger charge is 2.26. The third-order valence-corrected chi connectivity index (χ3v) is 5.82. The average Bonchev–Trinajstić information content (AvgIpc) is 3.24. The Morgan fingerprint density at radius 3 is 2.53 bits per heavy atom. The van der Waals surface area contributed by atoms with E-state index in [0.717, 1.165) is 53.8 Å². The summed E-state index contributed by atoms with van der Waals surface area (Å²) in [5.41, 5.74) is 4.60. The second-order valence-corrected chi connectivity index (χ2v) is 7.65. The van der Waals surface area contributed by atoms with E-state index < -0.39 is 0 Å². The van der Waals surface area contributed by atoms with Crippen LogP contribution in [0.4, 0.5) is 0 Å². The number of carbonyl (C=O) groups excluding carboxylic acids is 1. The Hall–Kier alpha value is -3.61. The van der Waals surface area contributed by atoms with Gasteiger partial charge in [-0.05, 0) is 54.8 Å². The van der Waals surface area contributed by atoms with Gasteiger partial charge >= 0.3 is 0 Å². The van der Waals surface area contributed by atoms with E-state index in [1.165, 1.54) is 0 Å². The predicted octanol–water partition coefficient (Wildman–Crippen LogP) is 3.45. The van der Waals surface area contributed by atoms with Crippen LogP contribution in [-0.4, -0.2) is 48.6 Å². The molecule has 5 rings (SSSR count). The van der Waals surface area contributed by atoms with E-state index in [0.29, 0.717) is 11.6 Å². The number of nitrogens with zero attached hydrogens (tertiary/aromatic N) is 6. The molecule has 0 atom stereocenters. The van der Waals surface area contributed by atoms with Crippen molar-refractivity contribution in [3.8, 4) is 11.1 Å². The van der Waals surface area contributed by atoms with Crippen LogP contribution in [-0.2, 0) is 7.05 Å². The molecule has 1 aliphatic rings. The number of fused-ring (bicyclic) bond motifs is 1. The molecule has 1 amide bonds. The summed E-state index contributed by atoms with van der Waals surface area (Å²) in [6, 6.07) is 12.0. The first-order chi connectivity index (χ1) is 14.7. The van der Waals surface area contributed by atoms with Crippen LogP contribution >= 0.6 is 0 Å². The van der Waals surface area contributed by atoms with Crippen molar-refractivity contribution in [2.24, 2.45) is 7.05 Å². The zero-order valence-corrected chi connectivity index (χ0v) is 16.8. The van der Waals surface area contributed by atoms with Gasteiger partial charge in [-0.3, -0.25) is 14.5 Å². The minimum absolute atomic E-state index is 0.0465. The largest absolute Gasteiger partial charge is 0.337 e. The Bertz CT molecular complexity index is 1190. The van der Waals surface area contributed by atoms with Gasteiger partial charge in [0.05, 0.1) is 0 Å². The molecule has 0 spiro atoms. The summed E-state index contributed by atoms with van der Waals surface area (Å²) in [6.07, 6.45) is 8.89. The smallest absolute Gasteiger partial charge is 0.272 e. The van der Waals surface area contributed by atoms with Crippen LogP contribution in [0.1, 0.15) is 34.9 Å². The van der Waals surface area contributed by atoms with E-state index in [-0.39, 0.29) is 5.91 Å². The summed E-state index contributed by atoms with van der Waals surface area (Å²) in [7, 11) is 1.80. The van der Waals surface area contributed by atoms with Crippen molar-refractivity contribution in [3.63, 3.8) is 0 Å². The number of pyridine rings is 3. The normalized spacial score (nSPS) is 14.9. The average molecular weight is 398 g/mol. The molecule has 0 bridgehead atoms. The molecule has 30 heavy (non-hydrogen) atoms. The van der Waals surface area contributed by atoms with E-state index in [1.54, 1.807) is 36.4 Å². The van der Waals surface area contributed by atoms with Gasteiger partial charge in [0.2, 0.25) is 0 Å². The van der Waals surface area contributed by atoms with Crippen LogP contribution in [0.25, 0.3) is 22.2 Å². The van der Waals surface area contributed by atoms with Gasteiger partial charge in [-0.1, -0.05) is 0 Å². The van der Waals surface area contributed by atoms with Gasteiger partial charge in [-0.2, -0.15) is 5.10 Å². The second-order valence-electron chi connectivity index (χ2n) is 7.65. The monoisotopic (exact) mass is 398 g/mol. The highest BCUT2D eigenvalue weighted by atomic mass is 16.2. The van der Waals surface area contributed by atoms with Crippen molar-refractivity contribution in [2.45, 2.75) is 18.8 Å². The SMILES string of the molecule is Cn1nccc1C(=O)N1CCC(c2ccc3cc(-c4ccncc4)cnc3n2)CC1. The number of piperidine rings is 1. The molecule has 0 aromatic carbocycles. The van der Waals surface area contributed by atoms with Gasteiger partial charge in [0.25, 0.3) is 5.91 Å². The Morgan fingerprint density at radius 2 is 1.80 bits per heavy atom. The lowest BCUT2D eigenvalue weighted by Crippen LogP contribution is -2.38. The zero-order chi connectivity index (χ0) is 20.5.